The van der Waals surface area contributed by atoms with Crippen LogP contribution in [0.4, 0.5) is 19.0 Å². The van der Waals surface area contributed by atoms with Crippen molar-refractivity contribution in [2.45, 2.75) is 63.1 Å². The molecule has 1 saturated carbocycles. The van der Waals surface area contributed by atoms with E-state index in [0.29, 0.717) is 30.0 Å². The number of anilines is 1. The normalized spacial score (nSPS) is 23.5. The average Bonchev–Trinajstić information content (AvgIpc) is 3.57. The summed E-state index contributed by atoms with van der Waals surface area (Å²) in [6.07, 6.45) is -3.09. The number of ether oxygens (including phenoxy) is 4. The van der Waals surface area contributed by atoms with E-state index < -0.39 is 18.3 Å². The van der Waals surface area contributed by atoms with Crippen molar-refractivity contribution in [1.82, 2.24) is 14.5 Å². The first-order valence-corrected chi connectivity index (χ1v) is 13.5. The van der Waals surface area contributed by atoms with Gasteiger partial charge in [0.25, 0.3) is 0 Å². The molecule has 1 saturated heterocycles. The molecule has 0 unspecified atom stereocenters. The zero-order valence-electron chi connectivity index (χ0n) is 22.5. The van der Waals surface area contributed by atoms with Gasteiger partial charge in [-0.3, -0.25) is 0 Å². The summed E-state index contributed by atoms with van der Waals surface area (Å²) >= 11 is 6.38. The third-order valence-electron chi connectivity index (χ3n) is 7.48. The van der Waals surface area contributed by atoms with Gasteiger partial charge in [-0.25, -0.2) is 4.98 Å². The van der Waals surface area contributed by atoms with E-state index in [9.17, 15) is 13.2 Å². The van der Waals surface area contributed by atoms with Crippen LogP contribution in [-0.4, -0.2) is 46.0 Å². The highest BCUT2D eigenvalue weighted by Crippen LogP contribution is 2.52. The second-order valence-corrected chi connectivity index (χ2v) is 10.9. The largest absolute Gasteiger partial charge is 0.573 e. The number of rotatable bonds is 7. The van der Waals surface area contributed by atoms with Crippen LogP contribution in [0.5, 0.6) is 11.5 Å². The summed E-state index contributed by atoms with van der Waals surface area (Å²) in [6, 6.07) is 15.4. The maximum absolute atomic E-state index is 12.9. The first-order chi connectivity index (χ1) is 19.5. The SMILES string of the molecule is COc1ccc(CNc2nc(Cl)nc3c2ccn3[C@@H]2C[C@H](c3cccc(OC(F)(F)F)c3)[C@H]3OC(C)(C)O[C@H]32)cc1. The molecule has 1 aliphatic carbocycles. The summed E-state index contributed by atoms with van der Waals surface area (Å²) in [5.74, 6) is -0.0286. The van der Waals surface area contributed by atoms with E-state index >= 15 is 0 Å². The van der Waals surface area contributed by atoms with E-state index in [1.165, 1.54) is 12.1 Å². The fraction of sp³-hybridized carbons (Fsp3) is 0.379. The van der Waals surface area contributed by atoms with Crippen molar-refractivity contribution in [2.24, 2.45) is 0 Å². The molecule has 0 bridgehead atoms. The number of nitrogens with one attached hydrogen (secondary N) is 1. The Morgan fingerprint density at radius 3 is 2.54 bits per heavy atom. The van der Waals surface area contributed by atoms with Gasteiger partial charge in [-0.1, -0.05) is 24.3 Å². The van der Waals surface area contributed by atoms with Gasteiger partial charge in [0.15, 0.2) is 5.79 Å². The van der Waals surface area contributed by atoms with E-state index in [4.69, 9.17) is 25.8 Å². The fourth-order valence-corrected chi connectivity index (χ4v) is 6.00. The maximum Gasteiger partial charge on any atom is 0.573 e. The minimum Gasteiger partial charge on any atom is -0.497 e. The Kier molecular flexibility index (Phi) is 6.99. The van der Waals surface area contributed by atoms with Gasteiger partial charge in [0, 0.05) is 18.7 Å². The second-order valence-electron chi connectivity index (χ2n) is 10.6. The molecule has 0 amide bonds. The number of methoxy groups -OCH3 is 1. The average molecular weight is 589 g/mol. The fourth-order valence-electron chi connectivity index (χ4n) is 5.83. The summed E-state index contributed by atoms with van der Waals surface area (Å²) in [4.78, 5) is 8.97. The van der Waals surface area contributed by atoms with Gasteiger partial charge in [0.05, 0.1) is 24.6 Å². The molecule has 8 nitrogen and oxygen atoms in total. The summed E-state index contributed by atoms with van der Waals surface area (Å²) < 4.78 is 62.8. The third kappa shape index (κ3) is 5.66. The Labute approximate surface area is 239 Å². The number of aromatic nitrogens is 3. The molecule has 0 radical (unpaired) electrons. The monoisotopic (exact) mass is 588 g/mol. The molecule has 216 valence electrons. The zero-order valence-corrected chi connectivity index (χ0v) is 23.2. The van der Waals surface area contributed by atoms with E-state index in [2.05, 4.69) is 20.0 Å². The number of hydrogen-bond donors (Lipinski definition) is 1. The zero-order chi connectivity index (χ0) is 28.9. The van der Waals surface area contributed by atoms with Crippen LogP contribution in [0.25, 0.3) is 11.0 Å². The Morgan fingerprint density at radius 2 is 1.80 bits per heavy atom. The smallest absolute Gasteiger partial charge is 0.497 e. The first kappa shape index (κ1) is 27.6. The van der Waals surface area contributed by atoms with Gasteiger partial charge in [0.1, 0.15) is 29.1 Å². The van der Waals surface area contributed by atoms with Crippen molar-refractivity contribution in [2.75, 3.05) is 12.4 Å². The topological polar surface area (TPSA) is 79.7 Å². The van der Waals surface area contributed by atoms with Crippen LogP contribution in [0.3, 0.4) is 0 Å². The van der Waals surface area contributed by atoms with Crippen LogP contribution in [0.15, 0.2) is 60.8 Å². The number of nitrogens with zero attached hydrogens (tertiary/aromatic N) is 3. The van der Waals surface area contributed by atoms with Crippen LogP contribution >= 0.6 is 11.6 Å². The van der Waals surface area contributed by atoms with Crippen molar-refractivity contribution in [3.8, 4) is 11.5 Å². The van der Waals surface area contributed by atoms with E-state index in [0.717, 1.165) is 16.7 Å². The lowest BCUT2D eigenvalue weighted by atomic mass is 9.95. The van der Waals surface area contributed by atoms with E-state index in [-0.39, 0.29) is 29.1 Å². The molecule has 1 N–H and O–H groups in total. The summed E-state index contributed by atoms with van der Waals surface area (Å²) in [5, 5.41) is 4.22. The number of hydrogen-bond acceptors (Lipinski definition) is 7. The predicted octanol–water partition coefficient (Wildman–Crippen LogP) is 6.85. The summed E-state index contributed by atoms with van der Waals surface area (Å²) in [5.41, 5.74) is 2.33. The third-order valence-corrected chi connectivity index (χ3v) is 7.64. The minimum absolute atomic E-state index is 0.0849. The molecule has 2 aromatic carbocycles. The Hall–Kier alpha value is -3.54. The lowest BCUT2D eigenvalue weighted by molar-refractivity contribution is -0.274. The first-order valence-electron chi connectivity index (χ1n) is 13.1. The van der Waals surface area contributed by atoms with Crippen LogP contribution in [-0.2, 0) is 16.0 Å². The van der Waals surface area contributed by atoms with Crippen molar-refractivity contribution < 1.29 is 32.1 Å². The van der Waals surface area contributed by atoms with Crippen LogP contribution in [0.2, 0.25) is 5.28 Å². The van der Waals surface area contributed by atoms with Crippen LogP contribution in [0, 0.1) is 0 Å². The molecule has 41 heavy (non-hydrogen) atoms. The molecule has 4 atom stereocenters. The van der Waals surface area contributed by atoms with Gasteiger partial charge < -0.3 is 28.8 Å². The summed E-state index contributed by atoms with van der Waals surface area (Å²) in [7, 11) is 1.62. The summed E-state index contributed by atoms with van der Waals surface area (Å²) in [6.45, 7) is 4.17. The van der Waals surface area contributed by atoms with Crippen molar-refractivity contribution in [3.63, 3.8) is 0 Å². The van der Waals surface area contributed by atoms with Gasteiger partial charge in [0.2, 0.25) is 5.28 Å². The van der Waals surface area contributed by atoms with Gasteiger partial charge in [-0.15, -0.1) is 13.2 Å². The molecular formula is C29H28ClF3N4O4. The van der Waals surface area contributed by atoms with Gasteiger partial charge >= 0.3 is 6.36 Å². The van der Waals surface area contributed by atoms with Crippen molar-refractivity contribution in [3.05, 3.63) is 77.2 Å². The van der Waals surface area contributed by atoms with Gasteiger partial charge in [-0.05, 0) is 73.3 Å². The van der Waals surface area contributed by atoms with E-state index in [1.807, 2.05) is 54.9 Å². The number of benzene rings is 2. The molecule has 4 aromatic rings. The Morgan fingerprint density at radius 1 is 1.05 bits per heavy atom. The molecule has 2 aromatic heterocycles. The molecule has 0 spiro atoms. The lowest BCUT2D eigenvalue weighted by Gasteiger charge is -2.25. The molecule has 2 aliphatic rings. The molecule has 1 aliphatic heterocycles. The molecule has 6 rings (SSSR count). The maximum atomic E-state index is 12.9. The lowest BCUT2D eigenvalue weighted by Crippen LogP contribution is -2.27. The quantitative estimate of drug-likeness (QED) is 0.236. The van der Waals surface area contributed by atoms with E-state index in [1.54, 1.807) is 19.2 Å². The highest BCUT2D eigenvalue weighted by molar-refractivity contribution is 6.28. The highest BCUT2D eigenvalue weighted by atomic mass is 35.5. The number of halogens is 4. The highest BCUT2D eigenvalue weighted by Gasteiger charge is 2.55. The molecule has 2 fully saturated rings. The number of alkyl halides is 3. The van der Waals surface area contributed by atoms with Crippen LogP contribution in [0.1, 0.15) is 43.4 Å². The molecule has 3 heterocycles. The van der Waals surface area contributed by atoms with Crippen molar-refractivity contribution >= 4 is 28.5 Å². The number of fused-ring (bicyclic) bond motifs is 2. The van der Waals surface area contributed by atoms with Crippen LogP contribution < -0.4 is 14.8 Å². The van der Waals surface area contributed by atoms with Gasteiger partial charge in [-0.2, -0.15) is 4.98 Å². The Balaban J connectivity index is 1.31. The minimum atomic E-state index is -4.78. The van der Waals surface area contributed by atoms with Crippen molar-refractivity contribution in [1.29, 1.82) is 0 Å². The Bertz CT molecular complexity index is 1560. The molecular weight excluding hydrogens is 561 g/mol. The predicted molar refractivity (Wildman–Crippen MR) is 146 cm³/mol. The second kappa shape index (κ2) is 10.4. The standard InChI is InChI=1S/C29H28ClF3N4O4/c1-28(2)40-23-21(17-5-4-6-19(13-17)39-29(31,32)33)14-22(24(23)41-28)37-12-11-20-25(35-27(30)36-26(20)37)34-15-16-7-9-18(38-3)10-8-16/h4-13,21-24H,14-15H2,1-3H3,(H,34,35,36)/t21-,22-,23-,24+/m1/s1. The molecule has 12 heteroatoms.